The lowest BCUT2D eigenvalue weighted by Crippen LogP contribution is -2.42. The number of nitrogens with one attached hydrogen (secondary N) is 2. The second-order valence-electron chi connectivity index (χ2n) is 1.61. The predicted octanol–water partition coefficient (Wildman–Crippen LogP) is -1.21. The Bertz CT molecular complexity index is 135. The van der Waals surface area contributed by atoms with Gasteiger partial charge in [-0.15, -0.1) is 0 Å². The van der Waals surface area contributed by atoms with Gasteiger partial charge in [-0.3, -0.25) is 10.1 Å². The zero-order chi connectivity index (χ0) is 7.98. The van der Waals surface area contributed by atoms with Crippen molar-refractivity contribution in [2.24, 2.45) is 5.73 Å². The Hall–Kier alpha value is -1.10. The first-order chi connectivity index (χ1) is 4.70. The zero-order valence-corrected chi connectivity index (χ0v) is 5.81. The standard InChI is InChI=1S/C5H11N3O2/c1-2-7-5(10)8-4(9)3-6/h2-3,6H2,1H3,(H2,7,8,9,10). The van der Waals surface area contributed by atoms with Crippen LogP contribution >= 0.6 is 0 Å². The van der Waals surface area contributed by atoms with E-state index in [-0.39, 0.29) is 6.54 Å². The minimum absolute atomic E-state index is 0.170. The number of carbonyl (C=O) groups excluding carboxylic acids is 2. The molecule has 0 saturated heterocycles. The van der Waals surface area contributed by atoms with Crippen LogP contribution in [0, 0.1) is 0 Å². The Morgan fingerprint density at radius 1 is 1.50 bits per heavy atom. The van der Waals surface area contributed by atoms with Crippen molar-refractivity contribution in [1.29, 1.82) is 0 Å². The molecular weight excluding hydrogens is 134 g/mol. The summed E-state index contributed by atoms with van der Waals surface area (Å²) >= 11 is 0. The largest absolute Gasteiger partial charge is 0.338 e. The van der Waals surface area contributed by atoms with Crippen LogP contribution in [0.1, 0.15) is 6.92 Å². The Labute approximate surface area is 59.0 Å². The van der Waals surface area contributed by atoms with E-state index in [4.69, 9.17) is 5.73 Å². The number of imide groups is 1. The lowest BCUT2D eigenvalue weighted by molar-refractivity contribution is -0.118. The molecule has 4 N–H and O–H groups in total. The number of amides is 3. The normalized spacial score (nSPS) is 8.60. The predicted molar refractivity (Wildman–Crippen MR) is 36.3 cm³/mol. The van der Waals surface area contributed by atoms with Gasteiger partial charge in [0.15, 0.2) is 0 Å². The van der Waals surface area contributed by atoms with Crippen LogP contribution in [0.2, 0.25) is 0 Å². The average Bonchev–Trinajstić information content (AvgIpc) is 1.88. The molecule has 0 aliphatic heterocycles. The van der Waals surface area contributed by atoms with Crippen LogP contribution in [0.5, 0.6) is 0 Å². The van der Waals surface area contributed by atoms with Gasteiger partial charge in [-0.2, -0.15) is 0 Å². The highest BCUT2D eigenvalue weighted by Crippen LogP contribution is 1.63. The van der Waals surface area contributed by atoms with Gasteiger partial charge in [0.25, 0.3) is 0 Å². The zero-order valence-electron chi connectivity index (χ0n) is 5.81. The number of urea groups is 1. The van der Waals surface area contributed by atoms with E-state index in [1.54, 1.807) is 6.92 Å². The maximum absolute atomic E-state index is 10.5. The summed E-state index contributed by atoms with van der Waals surface area (Å²) < 4.78 is 0. The lowest BCUT2D eigenvalue weighted by atomic mass is 10.6. The second kappa shape index (κ2) is 4.75. The molecule has 0 aromatic rings. The highest BCUT2D eigenvalue weighted by Gasteiger charge is 2.01. The molecular formula is C5H11N3O2. The average molecular weight is 145 g/mol. The van der Waals surface area contributed by atoms with E-state index in [2.05, 4.69) is 5.32 Å². The van der Waals surface area contributed by atoms with Gasteiger partial charge in [0.2, 0.25) is 5.91 Å². The van der Waals surface area contributed by atoms with E-state index in [1.165, 1.54) is 0 Å². The van der Waals surface area contributed by atoms with E-state index < -0.39 is 11.9 Å². The van der Waals surface area contributed by atoms with Crippen LogP contribution in [0.25, 0.3) is 0 Å². The fourth-order valence-corrected chi connectivity index (χ4v) is 0.382. The molecule has 0 atom stereocenters. The van der Waals surface area contributed by atoms with Crippen molar-refractivity contribution < 1.29 is 9.59 Å². The molecule has 0 saturated carbocycles. The lowest BCUT2D eigenvalue weighted by Gasteiger charge is -2.01. The quantitative estimate of drug-likeness (QED) is 0.456. The fraction of sp³-hybridized carbons (Fsp3) is 0.600. The molecule has 0 rings (SSSR count). The van der Waals surface area contributed by atoms with Gasteiger partial charge >= 0.3 is 6.03 Å². The second-order valence-corrected chi connectivity index (χ2v) is 1.61. The summed E-state index contributed by atoms with van der Waals surface area (Å²) in [4.78, 5) is 20.9. The molecule has 5 nitrogen and oxygen atoms in total. The van der Waals surface area contributed by atoms with Gasteiger partial charge in [0.1, 0.15) is 0 Å². The van der Waals surface area contributed by atoms with Gasteiger partial charge in [0, 0.05) is 6.54 Å². The monoisotopic (exact) mass is 145 g/mol. The molecule has 5 heteroatoms. The smallest absolute Gasteiger partial charge is 0.321 e. The third-order valence-corrected chi connectivity index (χ3v) is 0.776. The maximum atomic E-state index is 10.5. The number of hydrogen-bond donors (Lipinski definition) is 3. The van der Waals surface area contributed by atoms with E-state index >= 15 is 0 Å². The SMILES string of the molecule is CCNC(=O)NC(=O)CN. The molecule has 0 aliphatic rings. The van der Waals surface area contributed by atoms with Crippen LogP contribution in [0.15, 0.2) is 0 Å². The summed E-state index contributed by atoms with van der Waals surface area (Å²) in [6.07, 6.45) is 0. The van der Waals surface area contributed by atoms with Crippen molar-refractivity contribution >= 4 is 11.9 Å². The van der Waals surface area contributed by atoms with E-state index in [0.29, 0.717) is 6.54 Å². The third-order valence-electron chi connectivity index (χ3n) is 0.776. The van der Waals surface area contributed by atoms with Crippen LogP contribution in [0.3, 0.4) is 0 Å². The first-order valence-corrected chi connectivity index (χ1v) is 2.98. The molecule has 3 amide bonds. The molecule has 0 spiro atoms. The van der Waals surface area contributed by atoms with Crippen molar-refractivity contribution in [3.05, 3.63) is 0 Å². The van der Waals surface area contributed by atoms with Gasteiger partial charge in [0.05, 0.1) is 6.54 Å². The van der Waals surface area contributed by atoms with Gasteiger partial charge in [-0.05, 0) is 6.92 Å². The molecule has 0 aromatic carbocycles. The van der Waals surface area contributed by atoms with Crippen molar-refractivity contribution in [2.75, 3.05) is 13.1 Å². The topological polar surface area (TPSA) is 84.2 Å². The summed E-state index contributed by atoms with van der Waals surface area (Å²) in [5, 5.41) is 4.40. The summed E-state index contributed by atoms with van der Waals surface area (Å²) in [6.45, 7) is 2.08. The van der Waals surface area contributed by atoms with Crippen molar-refractivity contribution in [2.45, 2.75) is 6.92 Å². The third kappa shape index (κ3) is 3.85. The van der Waals surface area contributed by atoms with Crippen molar-refractivity contribution in [1.82, 2.24) is 10.6 Å². The Kier molecular flexibility index (Phi) is 4.23. The summed E-state index contributed by atoms with van der Waals surface area (Å²) in [7, 11) is 0. The maximum Gasteiger partial charge on any atom is 0.321 e. The molecule has 0 radical (unpaired) electrons. The van der Waals surface area contributed by atoms with Crippen LogP contribution in [0.4, 0.5) is 4.79 Å². The molecule has 0 bridgehead atoms. The highest BCUT2D eigenvalue weighted by molar-refractivity contribution is 5.95. The first-order valence-electron chi connectivity index (χ1n) is 2.98. The van der Waals surface area contributed by atoms with E-state index in [9.17, 15) is 9.59 Å². The fourth-order valence-electron chi connectivity index (χ4n) is 0.382. The molecule has 58 valence electrons. The summed E-state index contributed by atoms with van der Waals surface area (Å²) in [5.41, 5.74) is 4.92. The van der Waals surface area contributed by atoms with Crippen LogP contribution in [-0.4, -0.2) is 25.0 Å². The number of nitrogens with two attached hydrogens (primary N) is 1. The summed E-state index contributed by atoms with van der Waals surface area (Å²) in [5.74, 6) is -0.481. The van der Waals surface area contributed by atoms with Crippen LogP contribution < -0.4 is 16.4 Å². The highest BCUT2D eigenvalue weighted by atomic mass is 16.2. The molecule has 0 heterocycles. The Balaban J connectivity index is 3.47. The molecule has 0 unspecified atom stereocenters. The van der Waals surface area contributed by atoms with Gasteiger partial charge < -0.3 is 11.1 Å². The van der Waals surface area contributed by atoms with Crippen molar-refractivity contribution in [3.8, 4) is 0 Å². The summed E-state index contributed by atoms with van der Waals surface area (Å²) in [6, 6.07) is -0.502. The minimum Gasteiger partial charge on any atom is -0.338 e. The first kappa shape index (κ1) is 8.90. The number of hydrogen-bond acceptors (Lipinski definition) is 3. The molecule has 0 aliphatic carbocycles. The number of carbonyl (C=O) groups is 2. The van der Waals surface area contributed by atoms with E-state index in [0.717, 1.165) is 0 Å². The Morgan fingerprint density at radius 2 is 2.10 bits per heavy atom. The number of rotatable bonds is 2. The molecule has 0 fully saturated rings. The van der Waals surface area contributed by atoms with Gasteiger partial charge in [-0.1, -0.05) is 0 Å². The minimum atomic E-state index is -0.502. The Morgan fingerprint density at radius 3 is 2.50 bits per heavy atom. The van der Waals surface area contributed by atoms with Gasteiger partial charge in [-0.25, -0.2) is 4.79 Å². The molecule has 0 aromatic heterocycles. The van der Waals surface area contributed by atoms with Crippen LogP contribution in [-0.2, 0) is 4.79 Å². The van der Waals surface area contributed by atoms with E-state index in [1.807, 2.05) is 5.32 Å². The molecule has 10 heavy (non-hydrogen) atoms. The van der Waals surface area contributed by atoms with Crippen molar-refractivity contribution in [3.63, 3.8) is 0 Å².